The largest absolute Gasteiger partial charge is 0.299 e. The molecule has 0 saturated heterocycles. The van der Waals surface area contributed by atoms with E-state index >= 15 is 0 Å². The molecule has 9 heteroatoms. The van der Waals surface area contributed by atoms with Crippen molar-refractivity contribution in [3.63, 3.8) is 0 Å². The number of nitrogens with zero attached hydrogens (tertiary/aromatic N) is 3. The zero-order chi connectivity index (χ0) is 22.1. The van der Waals surface area contributed by atoms with Gasteiger partial charge in [-0.15, -0.1) is 10.2 Å². The van der Waals surface area contributed by atoms with Crippen LogP contribution in [0.3, 0.4) is 0 Å². The summed E-state index contributed by atoms with van der Waals surface area (Å²) in [6.07, 6.45) is 1.10. The summed E-state index contributed by atoms with van der Waals surface area (Å²) in [5, 5.41) is 11.8. The summed E-state index contributed by atoms with van der Waals surface area (Å²) in [6.45, 7) is 7.25. The molecule has 0 fully saturated rings. The van der Waals surface area contributed by atoms with Crippen molar-refractivity contribution >= 4 is 38.1 Å². The predicted molar refractivity (Wildman–Crippen MR) is 121 cm³/mol. The van der Waals surface area contributed by atoms with E-state index in [9.17, 15) is 13.2 Å². The lowest BCUT2D eigenvalue weighted by atomic mass is 10.1. The molecular formula is C21H24N4O3S2. The number of hydrogen-bond acceptors (Lipinski definition) is 6. The van der Waals surface area contributed by atoms with Gasteiger partial charge in [-0.25, -0.2) is 8.42 Å². The van der Waals surface area contributed by atoms with Crippen molar-refractivity contribution in [3.05, 3.63) is 59.2 Å². The van der Waals surface area contributed by atoms with E-state index in [4.69, 9.17) is 0 Å². The van der Waals surface area contributed by atoms with Gasteiger partial charge in [-0.1, -0.05) is 53.3 Å². The van der Waals surface area contributed by atoms with Gasteiger partial charge in [-0.05, 0) is 44.9 Å². The molecule has 1 heterocycles. The van der Waals surface area contributed by atoms with E-state index < -0.39 is 22.0 Å². The van der Waals surface area contributed by atoms with Gasteiger partial charge < -0.3 is 0 Å². The highest BCUT2D eigenvalue weighted by molar-refractivity contribution is 7.92. The molecule has 0 aliphatic heterocycles. The molecule has 0 radical (unpaired) electrons. The molecule has 0 aliphatic rings. The smallest absolute Gasteiger partial charge is 0.249 e. The number of amides is 1. The van der Waals surface area contributed by atoms with Crippen molar-refractivity contribution in [1.82, 2.24) is 10.2 Å². The minimum atomic E-state index is -3.70. The molecule has 7 nitrogen and oxygen atoms in total. The van der Waals surface area contributed by atoms with Crippen LogP contribution in [0.1, 0.15) is 23.6 Å². The second-order valence-electron chi connectivity index (χ2n) is 7.29. The fourth-order valence-electron chi connectivity index (χ4n) is 3.03. The number of hydrogen-bond donors (Lipinski definition) is 1. The van der Waals surface area contributed by atoms with Crippen LogP contribution in [0.15, 0.2) is 42.5 Å². The molecular weight excluding hydrogens is 420 g/mol. The third kappa shape index (κ3) is 4.85. The standard InChI is InChI=1S/C21H24N4O3S2/c1-13-7-10-17(11-8-13)20-23-24-21(29-20)22-19(26)16(4)25(30(5,27)28)18-12-14(2)6-9-15(18)3/h6-12,16H,1-5H3,(H,22,24,26)/t16-/m1/s1. The van der Waals surface area contributed by atoms with Gasteiger partial charge in [0, 0.05) is 5.56 Å². The monoisotopic (exact) mass is 444 g/mol. The molecule has 1 atom stereocenters. The lowest BCUT2D eigenvalue weighted by Gasteiger charge is -2.29. The van der Waals surface area contributed by atoms with Crippen molar-refractivity contribution in [3.8, 4) is 10.6 Å². The van der Waals surface area contributed by atoms with E-state index in [0.717, 1.165) is 32.8 Å². The second kappa shape index (κ2) is 8.53. The molecule has 0 bridgehead atoms. The average molecular weight is 445 g/mol. The first-order valence-electron chi connectivity index (χ1n) is 9.34. The predicted octanol–water partition coefficient (Wildman–Crippen LogP) is 3.92. The van der Waals surface area contributed by atoms with E-state index in [-0.39, 0.29) is 0 Å². The van der Waals surface area contributed by atoms with Crippen LogP contribution >= 0.6 is 11.3 Å². The Kier molecular flexibility index (Phi) is 6.23. The van der Waals surface area contributed by atoms with Crippen LogP contribution in [0.4, 0.5) is 10.8 Å². The molecule has 158 valence electrons. The summed E-state index contributed by atoms with van der Waals surface area (Å²) in [5.74, 6) is -0.479. The summed E-state index contributed by atoms with van der Waals surface area (Å²) in [5.41, 5.74) is 4.20. The van der Waals surface area contributed by atoms with E-state index in [2.05, 4.69) is 15.5 Å². The molecule has 0 saturated carbocycles. The van der Waals surface area contributed by atoms with Crippen LogP contribution in [0, 0.1) is 20.8 Å². The van der Waals surface area contributed by atoms with Crippen LogP contribution in [-0.4, -0.2) is 36.8 Å². The van der Waals surface area contributed by atoms with Gasteiger partial charge in [-0.2, -0.15) is 0 Å². The maximum absolute atomic E-state index is 12.9. The number of carbonyl (C=O) groups is 1. The molecule has 3 aromatic rings. The maximum Gasteiger partial charge on any atom is 0.249 e. The summed E-state index contributed by atoms with van der Waals surface area (Å²) < 4.78 is 26.2. The quantitative estimate of drug-likeness (QED) is 0.622. The normalized spacial score (nSPS) is 12.4. The van der Waals surface area contributed by atoms with Crippen molar-refractivity contribution in [2.45, 2.75) is 33.7 Å². The second-order valence-corrected chi connectivity index (χ2v) is 10.1. The van der Waals surface area contributed by atoms with Gasteiger partial charge in [0.05, 0.1) is 11.9 Å². The lowest BCUT2D eigenvalue weighted by molar-refractivity contribution is -0.116. The van der Waals surface area contributed by atoms with Gasteiger partial charge in [0.15, 0.2) is 0 Å². The molecule has 0 aliphatic carbocycles. The number of carbonyl (C=O) groups excluding carboxylic acids is 1. The summed E-state index contributed by atoms with van der Waals surface area (Å²) in [4.78, 5) is 12.9. The number of aromatic nitrogens is 2. The Morgan fingerprint density at radius 3 is 2.30 bits per heavy atom. The Labute approximate surface area is 180 Å². The van der Waals surface area contributed by atoms with Gasteiger partial charge >= 0.3 is 0 Å². The Morgan fingerprint density at radius 2 is 1.67 bits per heavy atom. The Balaban J connectivity index is 1.84. The first-order chi connectivity index (χ1) is 14.1. The summed E-state index contributed by atoms with van der Waals surface area (Å²) in [6, 6.07) is 12.4. The zero-order valence-corrected chi connectivity index (χ0v) is 19.1. The van der Waals surface area contributed by atoms with E-state index in [0.29, 0.717) is 15.8 Å². The van der Waals surface area contributed by atoms with Gasteiger partial charge in [-0.3, -0.25) is 14.4 Å². The SMILES string of the molecule is Cc1ccc(-c2nnc(NC(=O)[C@@H](C)N(c3cc(C)ccc3C)S(C)(=O)=O)s2)cc1. The van der Waals surface area contributed by atoms with Crippen LogP contribution in [0.5, 0.6) is 0 Å². The maximum atomic E-state index is 12.9. The zero-order valence-electron chi connectivity index (χ0n) is 17.5. The molecule has 1 aromatic heterocycles. The number of anilines is 2. The lowest BCUT2D eigenvalue weighted by Crippen LogP contribution is -2.45. The molecule has 2 aromatic carbocycles. The summed E-state index contributed by atoms with van der Waals surface area (Å²) >= 11 is 1.24. The van der Waals surface area contributed by atoms with Crippen molar-refractivity contribution in [1.29, 1.82) is 0 Å². The first kappa shape index (κ1) is 21.9. The molecule has 1 amide bonds. The Hall–Kier alpha value is -2.78. The highest BCUT2D eigenvalue weighted by Gasteiger charge is 2.30. The van der Waals surface area contributed by atoms with Gasteiger partial charge in [0.1, 0.15) is 11.0 Å². The molecule has 0 unspecified atom stereocenters. The molecule has 3 rings (SSSR count). The van der Waals surface area contributed by atoms with E-state index in [1.807, 2.05) is 57.2 Å². The Morgan fingerprint density at radius 1 is 1.03 bits per heavy atom. The fraction of sp³-hybridized carbons (Fsp3) is 0.286. The highest BCUT2D eigenvalue weighted by atomic mass is 32.2. The third-order valence-corrected chi connectivity index (χ3v) is 6.76. The fourth-order valence-corrected chi connectivity index (χ4v) is 5.01. The van der Waals surface area contributed by atoms with E-state index in [1.54, 1.807) is 13.0 Å². The third-order valence-electron chi connectivity index (χ3n) is 4.64. The van der Waals surface area contributed by atoms with Crippen molar-refractivity contribution in [2.24, 2.45) is 0 Å². The number of rotatable bonds is 6. The van der Waals surface area contributed by atoms with Crippen LogP contribution in [-0.2, 0) is 14.8 Å². The number of benzene rings is 2. The Bertz CT molecular complexity index is 1170. The first-order valence-corrected chi connectivity index (χ1v) is 12.0. The van der Waals surface area contributed by atoms with Gasteiger partial charge in [0.25, 0.3) is 0 Å². The highest BCUT2D eigenvalue weighted by Crippen LogP contribution is 2.29. The average Bonchev–Trinajstić information content (AvgIpc) is 3.12. The molecule has 30 heavy (non-hydrogen) atoms. The number of sulfonamides is 1. The number of nitrogens with one attached hydrogen (secondary N) is 1. The topological polar surface area (TPSA) is 92.3 Å². The minimum absolute atomic E-state index is 0.317. The van der Waals surface area contributed by atoms with E-state index in [1.165, 1.54) is 11.3 Å². The number of aryl methyl sites for hydroxylation is 3. The van der Waals surface area contributed by atoms with Crippen LogP contribution < -0.4 is 9.62 Å². The molecule has 0 spiro atoms. The molecule has 1 N–H and O–H groups in total. The minimum Gasteiger partial charge on any atom is -0.299 e. The van der Waals surface area contributed by atoms with Crippen molar-refractivity contribution < 1.29 is 13.2 Å². The van der Waals surface area contributed by atoms with Crippen molar-refractivity contribution in [2.75, 3.05) is 15.9 Å². The van der Waals surface area contributed by atoms with Crippen LogP contribution in [0.25, 0.3) is 10.6 Å². The van der Waals surface area contributed by atoms with Crippen LogP contribution in [0.2, 0.25) is 0 Å². The van der Waals surface area contributed by atoms with Gasteiger partial charge in [0.2, 0.25) is 21.1 Å². The summed E-state index contributed by atoms with van der Waals surface area (Å²) in [7, 11) is -3.70.